The third-order valence-electron chi connectivity index (χ3n) is 1.89. The highest BCUT2D eigenvalue weighted by molar-refractivity contribution is 6.29. The quantitative estimate of drug-likeness (QED) is 0.762. The van der Waals surface area contributed by atoms with Crippen molar-refractivity contribution in [3.63, 3.8) is 0 Å². The minimum absolute atomic E-state index is 0.0760. The van der Waals surface area contributed by atoms with Crippen LogP contribution in [-0.2, 0) is 0 Å². The molecule has 5 nitrogen and oxygen atoms in total. The summed E-state index contributed by atoms with van der Waals surface area (Å²) in [5.74, 6) is -0.390. The van der Waals surface area contributed by atoms with Crippen molar-refractivity contribution < 1.29 is 14.0 Å². The van der Waals surface area contributed by atoms with E-state index in [1.54, 1.807) is 0 Å². The molecule has 1 saturated heterocycles. The molecule has 1 N–H and O–H groups in total. The molecule has 0 aromatic carbocycles. The number of imide groups is 1. The average Bonchev–Trinajstić information content (AvgIpc) is 2.73. The van der Waals surface area contributed by atoms with Crippen molar-refractivity contribution in [3.8, 4) is 0 Å². The van der Waals surface area contributed by atoms with Crippen LogP contribution in [0, 0.1) is 0 Å². The SMILES string of the molecule is O=C1NCCN1C(=O)c1ccc(Cl)o1. The lowest BCUT2D eigenvalue weighted by atomic mass is 10.4. The Kier molecular flexibility index (Phi) is 2.17. The van der Waals surface area contributed by atoms with E-state index in [1.165, 1.54) is 12.1 Å². The minimum Gasteiger partial charge on any atom is -0.440 e. The van der Waals surface area contributed by atoms with Crippen molar-refractivity contribution in [1.82, 2.24) is 10.2 Å². The molecule has 0 atom stereocenters. The monoisotopic (exact) mass is 214 g/mol. The van der Waals surface area contributed by atoms with Crippen LogP contribution < -0.4 is 5.32 Å². The lowest BCUT2D eigenvalue weighted by Crippen LogP contribution is -2.33. The number of hydrogen-bond acceptors (Lipinski definition) is 3. The van der Waals surface area contributed by atoms with Crippen molar-refractivity contribution in [2.45, 2.75) is 0 Å². The van der Waals surface area contributed by atoms with Gasteiger partial charge in [-0.1, -0.05) is 0 Å². The summed E-state index contributed by atoms with van der Waals surface area (Å²) in [6.07, 6.45) is 0. The largest absolute Gasteiger partial charge is 0.440 e. The van der Waals surface area contributed by atoms with Gasteiger partial charge in [0.1, 0.15) is 0 Å². The summed E-state index contributed by atoms with van der Waals surface area (Å²) in [5, 5.41) is 2.65. The van der Waals surface area contributed by atoms with Crippen LogP contribution in [0.15, 0.2) is 16.5 Å². The molecule has 0 unspecified atom stereocenters. The molecule has 0 radical (unpaired) electrons. The number of carbonyl (C=O) groups is 2. The number of urea groups is 1. The Balaban J connectivity index is 2.19. The van der Waals surface area contributed by atoms with Crippen LogP contribution in [0.4, 0.5) is 4.79 Å². The maximum Gasteiger partial charge on any atom is 0.324 e. The van der Waals surface area contributed by atoms with Gasteiger partial charge in [0.2, 0.25) is 0 Å². The molecule has 1 aliphatic rings. The average molecular weight is 215 g/mol. The van der Waals surface area contributed by atoms with Gasteiger partial charge in [-0.25, -0.2) is 4.79 Å². The smallest absolute Gasteiger partial charge is 0.324 e. The number of nitrogens with one attached hydrogen (secondary N) is 1. The van der Waals surface area contributed by atoms with Crippen LogP contribution in [-0.4, -0.2) is 29.9 Å². The van der Waals surface area contributed by atoms with Gasteiger partial charge in [-0.2, -0.15) is 0 Å². The lowest BCUT2D eigenvalue weighted by Gasteiger charge is -2.08. The van der Waals surface area contributed by atoms with Gasteiger partial charge in [-0.15, -0.1) is 0 Å². The van der Waals surface area contributed by atoms with Crippen molar-refractivity contribution in [2.24, 2.45) is 0 Å². The van der Waals surface area contributed by atoms with Crippen molar-refractivity contribution in [1.29, 1.82) is 0 Å². The molecule has 0 saturated carbocycles. The standard InChI is InChI=1S/C8H7ClN2O3/c9-6-2-1-5(14-6)7(12)11-4-3-10-8(11)13/h1-2H,3-4H2,(H,10,13). The van der Waals surface area contributed by atoms with Crippen LogP contribution in [0.3, 0.4) is 0 Å². The number of carbonyl (C=O) groups excluding carboxylic acids is 2. The molecule has 3 amide bonds. The number of hydrogen-bond donors (Lipinski definition) is 1. The maximum absolute atomic E-state index is 11.6. The number of rotatable bonds is 1. The normalized spacial score (nSPS) is 15.8. The predicted molar refractivity (Wildman–Crippen MR) is 48.2 cm³/mol. The summed E-state index contributed by atoms with van der Waals surface area (Å²) < 4.78 is 4.90. The number of halogens is 1. The Morgan fingerprint density at radius 3 is 2.86 bits per heavy atom. The Labute approximate surface area is 84.6 Å². The zero-order chi connectivity index (χ0) is 10.1. The number of nitrogens with zero attached hydrogens (tertiary/aromatic N) is 1. The van der Waals surface area contributed by atoms with Gasteiger partial charge in [0.15, 0.2) is 11.0 Å². The Hall–Kier alpha value is -1.49. The van der Waals surface area contributed by atoms with E-state index in [9.17, 15) is 9.59 Å². The zero-order valence-electron chi connectivity index (χ0n) is 7.12. The molecule has 2 rings (SSSR count). The Morgan fingerprint density at radius 2 is 2.36 bits per heavy atom. The Morgan fingerprint density at radius 1 is 1.57 bits per heavy atom. The van der Waals surface area contributed by atoms with Gasteiger partial charge >= 0.3 is 6.03 Å². The fourth-order valence-corrected chi connectivity index (χ4v) is 1.37. The highest BCUT2D eigenvalue weighted by atomic mass is 35.5. The number of amides is 3. The highest BCUT2D eigenvalue weighted by Gasteiger charge is 2.28. The summed E-state index contributed by atoms with van der Waals surface area (Å²) >= 11 is 5.51. The molecule has 1 aromatic heterocycles. The first kappa shape index (κ1) is 9.08. The molecule has 0 aliphatic carbocycles. The Bertz CT molecular complexity index is 388. The molecule has 74 valence electrons. The molecular weight excluding hydrogens is 208 g/mol. The molecule has 1 aromatic rings. The first-order valence-corrected chi connectivity index (χ1v) is 4.41. The summed E-state index contributed by atoms with van der Waals surface area (Å²) in [7, 11) is 0. The summed E-state index contributed by atoms with van der Waals surface area (Å²) in [6, 6.07) is 2.50. The molecule has 0 spiro atoms. The van der Waals surface area contributed by atoms with Crippen LogP contribution in [0.2, 0.25) is 5.22 Å². The molecule has 14 heavy (non-hydrogen) atoms. The van der Waals surface area contributed by atoms with Gasteiger partial charge in [-0.3, -0.25) is 9.69 Å². The molecule has 1 aliphatic heterocycles. The molecule has 1 fully saturated rings. The molecule has 0 bridgehead atoms. The third-order valence-corrected chi connectivity index (χ3v) is 2.09. The van der Waals surface area contributed by atoms with E-state index in [0.29, 0.717) is 13.1 Å². The van der Waals surface area contributed by atoms with E-state index in [0.717, 1.165) is 4.90 Å². The fourth-order valence-electron chi connectivity index (χ4n) is 1.23. The number of furan rings is 1. The summed E-state index contributed by atoms with van der Waals surface area (Å²) in [5.41, 5.74) is 0. The lowest BCUT2D eigenvalue weighted by molar-refractivity contribution is 0.0799. The zero-order valence-corrected chi connectivity index (χ0v) is 7.87. The summed E-state index contributed by atoms with van der Waals surface area (Å²) in [6.45, 7) is 0.828. The van der Waals surface area contributed by atoms with E-state index in [4.69, 9.17) is 16.0 Å². The van der Waals surface area contributed by atoms with Gasteiger partial charge < -0.3 is 9.73 Å². The van der Waals surface area contributed by atoms with Crippen molar-refractivity contribution in [2.75, 3.05) is 13.1 Å². The van der Waals surface area contributed by atoms with Crippen LogP contribution in [0.5, 0.6) is 0 Å². The van der Waals surface area contributed by atoms with Gasteiger partial charge in [-0.05, 0) is 23.7 Å². The van der Waals surface area contributed by atoms with E-state index in [-0.39, 0.29) is 11.0 Å². The predicted octanol–water partition coefficient (Wildman–Crippen LogP) is 1.10. The van der Waals surface area contributed by atoms with Gasteiger partial charge in [0.25, 0.3) is 5.91 Å². The van der Waals surface area contributed by atoms with Crippen molar-refractivity contribution >= 4 is 23.5 Å². The van der Waals surface area contributed by atoms with Crippen LogP contribution in [0.1, 0.15) is 10.6 Å². The summed E-state index contributed by atoms with van der Waals surface area (Å²) in [4.78, 5) is 23.8. The fraction of sp³-hybridized carbons (Fsp3) is 0.250. The van der Waals surface area contributed by atoms with Crippen molar-refractivity contribution in [3.05, 3.63) is 23.1 Å². The van der Waals surface area contributed by atoms with Crippen LogP contribution in [0.25, 0.3) is 0 Å². The molecule has 6 heteroatoms. The molecular formula is C8H7ClN2O3. The topological polar surface area (TPSA) is 62.6 Å². The van der Waals surface area contributed by atoms with E-state index in [1.807, 2.05) is 0 Å². The van der Waals surface area contributed by atoms with E-state index in [2.05, 4.69) is 5.32 Å². The second-order valence-corrected chi connectivity index (χ2v) is 3.16. The highest BCUT2D eigenvalue weighted by Crippen LogP contribution is 2.15. The van der Waals surface area contributed by atoms with Crippen LogP contribution >= 0.6 is 11.6 Å². The first-order valence-electron chi connectivity index (χ1n) is 4.03. The third kappa shape index (κ3) is 1.46. The second kappa shape index (κ2) is 3.34. The van der Waals surface area contributed by atoms with E-state index >= 15 is 0 Å². The van der Waals surface area contributed by atoms with Gasteiger partial charge in [0, 0.05) is 13.1 Å². The first-order chi connectivity index (χ1) is 6.68. The molecule has 2 heterocycles. The maximum atomic E-state index is 11.6. The minimum atomic E-state index is -0.466. The van der Waals surface area contributed by atoms with Gasteiger partial charge in [0.05, 0.1) is 0 Å². The second-order valence-electron chi connectivity index (χ2n) is 2.79. The van der Waals surface area contributed by atoms with E-state index < -0.39 is 11.9 Å².